The summed E-state index contributed by atoms with van der Waals surface area (Å²) in [6.45, 7) is 5.57. The molecule has 1 atom stereocenters. The lowest BCUT2D eigenvalue weighted by atomic mass is 10.0. The number of halogens is 1. The van der Waals surface area contributed by atoms with Gasteiger partial charge in [-0.05, 0) is 43.9 Å². The van der Waals surface area contributed by atoms with E-state index in [1.807, 2.05) is 6.92 Å². The first kappa shape index (κ1) is 19.4. The van der Waals surface area contributed by atoms with Crippen LogP contribution in [0.3, 0.4) is 0 Å². The molecule has 1 N–H and O–H groups in total. The minimum atomic E-state index is -3.02. The van der Waals surface area contributed by atoms with Gasteiger partial charge in [0.05, 0.1) is 11.8 Å². The Morgan fingerprint density at radius 1 is 1.30 bits per heavy atom. The van der Waals surface area contributed by atoms with Gasteiger partial charge in [-0.3, -0.25) is 0 Å². The highest BCUT2D eigenvalue weighted by Crippen LogP contribution is 2.20. The Hall–Kier alpha value is -1.63. The van der Waals surface area contributed by atoms with Gasteiger partial charge in [-0.2, -0.15) is 0 Å². The van der Waals surface area contributed by atoms with Gasteiger partial charge in [0.25, 0.3) is 0 Å². The summed E-state index contributed by atoms with van der Waals surface area (Å²) in [5, 5.41) is 2.83. The minimum absolute atomic E-state index is 0.0521. The Kier molecular flexibility index (Phi) is 6.56. The molecule has 0 aromatic heterocycles. The first-order chi connectivity index (χ1) is 10.5. The van der Waals surface area contributed by atoms with Gasteiger partial charge >= 0.3 is 6.03 Å². The van der Waals surface area contributed by atoms with Crippen LogP contribution in [0.15, 0.2) is 12.1 Å². The van der Waals surface area contributed by atoms with E-state index < -0.39 is 9.84 Å². The SMILES string of the molecule is Cc1cc([C@@H](C)NC(=O)N(C)CCCS(C)(=O)=O)cc(C)c1F. The molecule has 0 aliphatic rings. The molecule has 130 valence electrons. The van der Waals surface area contributed by atoms with E-state index >= 15 is 0 Å². The quantitative estimate of drug-likeness (QED) is 0.862. The first-order valence-corrected chi connectivity index (χ1v) is 9.53. The van der Waals surface area contributed by atoms with E-state index in [4.69, 9.17) is 0 Å². The Balaban J connectivity index is 2.62. The number of nitrogens with zero attached hydrogens (tertiary/aromatic N) is 1. The van der Waals surface area contributed by atoms with Crippen LogP contribution >= 0.6 is 0 Å². The molecule has 23 heavy (non-hydrogen) atoms. The van der Waals surface area contributed by atoms with Crippen LogP contribution in [-0.2, 0) is 9.84 Å². The Bertz CT molecular complexity index is 651. The molecule has 0 fully saturated rings. The fourth-order valence-electron chi connectivity index (χ4n) is 2.27. The number of amides is 2. The highest BCUT2D eigenvalue weighted by atomic mass is 32.2. The molecule has 0 unspecified atom stereocenters. The van der Waals surface area contributed by atoms with Crippen molar-refractivity contribution in [3.05, 3.63) is 34.6 Å². The number of hydrogen-bond donors (Lipinski definition) is 1. The molecule has 0 saturated heterocycles. The van der Waals surface area contributed by atoms with Crippen LogP contribution in [-0.4, -0.2) is 44.9 Å². The monoisotopic (exact) mass is 344 g/mol. The third kappa shape index (κ3) is 6.17. The van der Waals surface area contributed by atoms with Gasteiger partial charge in [-0.25, -0.2) is 17.6 Å². The number of sulfone groups is 1. The number of hydrogen-bond acceptors (Lipinski definition) is 3. The van der Waals surface area contributed by atoms with Crippen LogP contribution in [0.25, 0.3) is 0 Å². The highest BCUT2D eigenvalue weighted by molar-refractivity contribution is 7.90. The largest absolute Gasteiger partial charge is 0.331 e. The second kappa shape index (κ2) is 7.77. The van der Waals surface area contributed by atoms with Crippen molar-refractivity contribution in [2.45, 2.75) is 33.2 Å². The van der Waals surface area contributed by atoms with Crippen LogP contribution in [0, 0.1) is 19.7 Å². The van der Waals surface area contributed by atoms with Gasteiger partial charge in [-0.15, -0.1) is 0 Å². The lowest BCUT2D eigenvalue weighted by Crippen LogP contribution is -2.39. The second-order valence-electron chi connectivity index (χ2n) is 6.04. The fraction of sp³-hybridized carbons (Fsp3) is 0.562. The standard InChI is InChI=1S/C16H25FN2O3S/c1-11-9-14(10-12(2)15(11)17)13(3)18-16(20)19(4)7-6-8-23(5,21)22/h9-10,13H,6-8H2,1-5H3,(H,18,20)/t13-/m1/s1. The normalized spacial score (nSPS) is 12.8. The molecule has 2 amide bonds. The summed E-state index contributed by atoms with van der Waals surface area (Å²) < 4.78 is 35.8. The van der Waals surface area contributed by atoms with Crippen molar-refractivity contribution in [1.82, 2.24) is 10.2 Å². The molecule has 1 aromatic rings. The average Bonchev–Trinajstić information content (AvgIpc) is 2.42. The molecule has 0 heterocycles. The maximum absolute atomic E-state index is 13.7. The van der Waals surface area contributed by atoms with Crippen molar-refractivity contribution < 1.29 is 17.6 Å². The minimum Gasteiger partial charge on any atom is -0.331 e. The zero-order chi connectivity index (χ0) is 17.8. The summed E-state index contributed by atoms with van der Waals surface area (Å²) in [6, 6.07) is 2.89. The predicted molar refractivity (Wildman–Crippen MR) is 89.8 cm³/mol. The highest BCUT2D eigenvalue weighted by Gasteiger charge is 2.15. The van der Waals surface area contributed by atoms with E-state index in [-0.39, 0.29) is 23.6 Å². The Labute approximate surface area is 137 Å². The molecule has 0 radical (unpaired) electrons. The predicted octanol–water partition coefficient (Wildman–Crippen LogP) is 2.58. The summed E-state index contributed by atoms with van der Waals surface area (Å²) in [5.41, 5.74) is 1.92. The van der Waals surface area contributed by atoms with Crippen LogP contribution < -0.4 is 5.32 Å². The average molecular weight is 344 g/mol. The molecule has 0 aliphatic carbocycles. The van der Waals surface area contributed by atoms with E-state index in [1.165, 1.54) is 11.2 Å². The van der Waals surface area contributed by atoms with Crippen molar-refractivity contribution in [2.75, 3.05) is 25.6 Å². The smallest absolute Gasteiger partial charge is 0.317 e. The molecule has 0 saturated carbocycles. The number of carbonyl (C=O) groups is 1. The molecule has 0 spiro atoms. The van der Waals surface area contributed by atoms with Gasteiger partial charge < -0.3 is 10.2 Å². The van der Waals surface area contributed by atoms with Gasteiger partial charge in [0.15, 0.2) is 0 Å². The van der Waals surface area contributed by atoms with Crippen molar-refractivity contribution in [2.24, 2.45) is 0 Å². The third-order valence-electron chi connectivity index (χ3n) is 3.65. The summed E-state index contributed by atoms with van der Waals surface area (Å²) in [5.74, 6) is -0.179. The Morgan fingerprint density at radius 2 is 1.83 bits per heavy atom. The number of urea groups is 1. The maximum Gasteiger partial charge on any atom is 0.317 e. The van der Waals surface area contributed by atoms with Gasteiger partial charge in [0.2, 0.25) is 0 Å². The van der Waals surface area contributed by atoms with Crippen molar-refractivity contribution in [1.29, 1.82) is 0 Å². The van der Waals surface area contributed by atoms with E-state index in [0.717, 1.165) is 5.56 Å². The van der Waals surface area contributed by atoms with Crippen LogP contribution in [0.1, 0.15) is 36.1 Å². The zero-order valence-electron chi connectivity index (χ0n) is 14.3. The lowest BCUT2D eigenvalue weighted by molar-refractivity contribution is 0.205. The van der Waals surface area contributed by atoms with Gasteiger partial charge in [0, 0.05) is 19.8 Å². The van der Waals surface area contributed by atoms with Gasteiger partial charge in [-0.1, -0.05) is 12.1 Å². The van der Waals surface area contributed by atoms with Crippen molar-refractivity contribution in [3.63, 3.8) is 0 Å². The molecule has 0 aliphatic heterocycles. The number of benzene rings is 1. The molecule has 1 rings (SSSR count). The van der Waals surface area contributed by atoms with E-state index in [0.29, 0.717) is 24.1 Å². The number of nitrogens with one attached hydrogen (secondary N) is 1. The molecule has 0 bridgehead atoms. The van der Waals surface area contributed by atoms with Gasteiger partial charge in [0.1, 0.15) is 15.7 Å². The molecular weight excluding hydrogens is 319 g/mol. The summed E-state index contributed by atoms with van der Waals surface area (Å²) in [7, 11) is -1.40. The van der Waals surface area contributed by atoms with Crippen LogP contribution in [0.2, 0.25) is 0 Å². The fourth-order valence-corrected chi connectivity index (χ4v) is 2.93. The number of carbonyl (C=O) groups excluding carboxylic acids is 1. The van der Waals surface area contributed by atoms with E-state index in [2.05, 4.69) is 5.32 Å². The van der Waals surface area contributed by atoms with Crippen LogP contribution in [0.5, 0.6) is 0 Å². The summed E-state index contributed by atoms with van der Waals surface area (Å²) in [4.78, 5) is 13.6. The summed E-state index contributed by atoms with van der Waals surface area (Å²) in [6.07, 6.45) is 1.57. The molecular formula is C16H25FN2O3S. The molecule has 1 aromatic carbocycles. The van der Waals surface area contributed by atoms with Crippen molar-refractivity contribution >= 4 is 15.9 Å². The van der Waals surface area contributed by atoms with E-state index in [9.17, 15) is 17.6 Å². The maximum atomic E-state index is 13.7. The number of rotatable bonds is 6. The number of aryl methyl sites for hydroxylation is 2. The van der Waals surface area contributed by atoms with Crippen LogP contribution in [0.4, 0.5) is 9.18 Å². The lowest BCUT2D eigenvalue weighted by Gasteiger charge is -2.22. The third-order valence-corrected chi connectivity index (χ3v) is 4.68. The molecule has 7 heteroatoms. The topological polar surface area (TPSA) is 66.5 Å². The summed E-state index contributed by atoms with van der Waals surface area (Å²) >= 11 is 0. The Morgan fingerprint density at radius 3 is 2.30 bits per heavy atom. The van der Waals surface area contributed by atoms with Crippen molar-refractivity contribution in [3.8, 4) is 0 Å². The van der Waals surface area contributed by atoms with E-state index in [1.54, 1.807) is 33.0 Å². The second-order valence-corrected chi connectivity index (χ2v) is 8.30. The zero-order valence-corrected chi connectivity index (χ0v) is 15.1. The molecule has 5 nitrogen and oxygen atoms in total. The first-order valence-electron chi connectivity index (χ1n) is 7.47.